The van der Waals surface area contributed by atoms with E-state index in [1.807, 2.05) is 6.92 Å². The molecule has 1 atom stereocenters. The third-order valence-electron chi connectivity index (χ3n) is 5.30. The fraction of sp³-hybridized carbons (Fsp3) is 0.917. The van der Waals surface area contributed by atoms with Crippen molar-refractivity contribution in [1.82, 2.24) is 0 Å². The van der Waals surface area contributed by atoms with Crippen molar-refractivity contribution in [3.05, 3.63) is 0 Å². The first-order valence-electron chi connectivity index (χ1n) is 12.0. The average molecular weight is 399 g/mol. The Morgan fingerprint density at radius 3 is 1.57 bits per heavy atom. The van der Waals surface area contributed by atoms with Gasteiger partial charge >= 0.3 is 11.9 Å². The average Bonchev–Trinajstić information content (AvgIpc) is 2.65. The second kappa shape index (κ2) is 20.7. The molecular formula is C24H46O4. The van der Waals surface area contributed by atoms with Crippen LogP contribution in [0, 0.1) is 0 Å². The number of carboxylic acids is 1. The molecule has 28 heavy (non-hydrogen) atoms. The maximum absolute atomic E-state index is 11.9. The molecule has 0 fully saturated rings. The van der Waals surface area contributed by atoms with Gasteiger partial charge in [0.1, 0.15) is 6.10 Å². The number of aliphatic carboxylic acids is 1. The van der Waals surface area contributed by atoms with Gasteiger partial charge in [0.2, 0.25) is 0 Å². The number of unbranched alkanes of at least 4 members (excludes halogenated alkanes) is 12. The van der Waals surface area contributed by atoms with Gasteiger partial charge in [-0.3, -0.25) is 9.59 Å². The van der Waals surface area contributed by atoms with Gasteiger partial charge in [0.25, 0.3) is 0 Å². The van der Waals surface area contributed by atoms with Gasteiger partial charge in [-0.25, -0.2) is 0 Å². The summed E-state index contributed by atoms with van der Waals surface area (Å²) < 4.78 is 5.71. The summed E-state index contributed by atoms with van der Waals surface area (Å²) in [4.78, 5) is 22.4. The predicted octanol–water partition coefficient (Wildman–Crippen LogP) is 7.43. The summed E-state index contributed by atoms with van der Waals surface area (Å²) >= 11 is 0. The number of ether oxygens (including phenoxy) is 1. The highest BCUT2D eigenvalue weighted by Crippen LogP contribution is 2.18. The van der Waals surface area contributed by atoms with Crippen molar-refractivity contribution in [3.8, 4) is 0 Å². The summed E-state index contributed by atoms with van der Waals surface area (Å²) in [5.74, 6) is -0.756. The van der Waals surface area contributed by atoms with E-state index < -0.39 is 5.97 Å². The SMILES string of the molecule is CCCCCCCCCCCC(CCCCCCCC(=O)O)OC(=O)CCC. The Bertz CT molecular complexity index is 368. The van der Waals surface area contributed by atoms with Crippen LogP contribution in [0.25, 0.3) is 0 Å². The van der Waals surface area contributed by atoms with Crippen molar-refractivity contribution in [3.63, 3.8) is 0 Å². The van der Waals surface area contributed by atoms with Crippen molar-refractivity contribution in [2.75, 3.05) is 0 Å². The first-order valence-corrected chi connectivity index (χ1v) is 12.0. The van der Waals surface area contributed by atoms with Crippen LogP contribution in [0.3, 0.4) is 0 Å². The normalized spacial score (nSPS) is 12.1. The van der Waals surface area contributed by atoms with E-state index in [4.69, 9.17) is 9.84 Å². The van der Waals surface area contributed by atoms with Crippen LogP contribution in [0.1, 0.15) is 136 Å². The molecule has 0 aliphatic heterocycles. The zero-order chi connectivity index (χ0) is 20.9. The molecular weight excluding hydrogens is 352 g/mol. The van der Waals surface area contributed by atoms with Crippen molar-refractivity contribution in [1.29, 1.82) is 0 Å². The van der Waals surface area contributed by atoms with Crippen molar-refractivity contribution in [2.45, 2.75) is 142 Å². The van der Waals surface area contributed by atoms with Crippen LogP contribution in [0.15, 0.2) is 0 Å². The van der Waals surface area contributed by atoms with Gasteiger partial charge in [0, 0.05) is 12.8 Å². The lowest BCUT2D eigenvalue weighted by Gasteiger charge is -2.18. The maximum atomic E-state index is 11.9. The molecule has 0 aromatic heterocycles. The molecule has 0 radical (unpaired) electrons. The molecule has 0 aromatic rings. The van der Waals surface area contributed by atoms with E-state index in [2.05, 4.69) is 6.92 Å². The van der Waals surface area contributed by atoms with Crippen molar-refractivity contribution < 1.29 is 19.4 Å². The van der Waals surface area contributed by atoms with Gasteiger partial charge in [-0.05, 0) is 38.5 Å². The highest BCUT2D eigenvalue weighted by atomic mass is 16.5. The maximum Gasteiger partial charge on any atom is 0.306 e. The Morgan fingerprint density at radius 2 is 1.11 bits per heavy atom. The van der Waals surface area contributed by atoms with Crippen LogP contribution >= 0.6 is 0 Å². The minimum atomic E-state index is -0.705. The Morgan fingerprint density at radius 1 is 0.643 bits per heavy atom. The zero-order valence-corrected chi connectivity index (χ0v) is 18.7. The van der Waals surface area contributed by atoms with Gasteiger partial charge in [-0.15, -0.1) is 0 Å². The number of hydrogen-bond acceptors (Lipinski definition) is 3. The number of esters is 1. The van der Waals surface area contributed by atoms with Gasteiger partial charge in [-0.2, -0.15) is 0 Å². The minimum absolute atomic E-state index is 0.0510. The van der Waals surface area contributed by atoms with Gasteiger partial charge < -0.3 is 9.84 Å². The summed E-state index contributed by atoms with van der Waals surface area (Å²) in [5.41, 5.74) is 0. The molecule has 0 spiro atoms. The van der Waals surface area contributed by atoms with E-state index in [-0.39, 0.29) is 18.5 Å². The summed E-state index contributed by atoms with van der Waals surface area (Å²) in [6.45, 7) is 4.26. The summed E-state index contributed by atoms with van der Waals surface area (Å²) in [7, 11) is 0. The molecule has 166 valence electrons. The van der Waals surface area contributed by atoms with Crippen LogP contribution in [0.2, 0.25) is 0 Å². The highest BCUT2D eigenvalue weighted by molar-refractivity contribution is 5.69. The molecule has 1 N–H and O–H groups in total. The second-order valence-corrected chi connectivity index (χ2v) is 8.18. The fourth-order valence-electron chi connectivity index (χ4n) is 3.57. The standard InChI is InChI=1S/C24H46O4/c1-3-5-6-7-8-9-10-12-15-19-22(28-24(27)18-4-2)20-16-13-11-14-17-21-23(25)26/h22H,3-21H2,1-2H3,(H,25,26). The van der Waals surface area contributed by atoms with Crippen LogP contribution in [-0.2, 0) is 14.3 Å². The van der Waals surface area contributed by atoms with Crippen LogP contribution in [0.5, 0.6) is 0 Å². The summed E-state index contributed by atoms with van der Waals surface area (Å²) in [5, 5.41) is 8.65. The van der Waals surface area contributed by atoms with E-state index in [0.29, 0.717) is 6.42 Å². The quantitative estimate of drug-likeness (QED) is 0.161. The molecule has 0 aliphatic rings. The van der Waals surface area contributed by atoms with E-state index in [0.717, 1.165) is 57.8 Å². The van der Waals surface area contributed by atoms with Crippen LogP contribution < -0.4 is 0 Å². The molecule has 0 saturated heterocycles. The summed E-state index contributed by atoms with van der Waals surface area (Å²) in [6.07, 6.45) is 20.4. The Hall–Kier alpha value is -1.06. The molecule has 4 nitrogen and oxygen atoms in total. The van der Waals surface area contributed by atoms with Crippen LogP contribution in [-0.4, -0.2) is 23.1 Å². The van der Waals surface area contributed by atoms with Gasteiger partial charge in [-0.1, -0.05) is 84.5 Å². The number of carbonyl (C=O) groups excluding carboxylic acids is 1. The molecule has 0 bridgehead atoms. The molecule has 0 aromatic carbocycles. The van der Waals surface area contributed by atoms with E-state index in [1.165, 1.54) is 51.4 Å². The molecule has 0 rings (SSSR count). The second-order valence-electron chi connectivity index (χ2n) is 8.18. The Balaban J connectivity index is 3.85. The smallest absolute Gasteiger partial charge is 0.306 e. The van der Waals surface area contributed by atoms with Crippen LogP contribution in [0.4, 0.5) is 0 Å². The molecule has 0 amide bonds. The first kappa shape index (κ1) is 26.9. The molecule has 4 heteroatoms. The Kier molecular flexibility index (Phi) is 19.9. The van der Waals surface area contributed by atoms with Crippen molar-refractivity contribution in [2.24, 2.45) is 0 Å². The third-order valence-corrected chi connectivity index (χ3v) is 5.30. The summed E-state index contributed by atoms with van der Waals surface area (Å²) in [6, 6.07) is 0. The predicted molar refractivity (Wildman–Crippen MR) is 117 cm³/mol. The number of carboxylic acid groups (broad SMARTS) is 1. The van der Waals surface area contributed by atoms with E-state index in [1.54, 1.807) is 0 Å². The third kappa shape index (κ3) is 19.7. The number of rotatable bonds is 21. The van der Waals surface area contributed by atoms with Gasteiger partial charge in [0.15, 0.2) is 0 Å². The number of hydrogen-bond donors (Lipinski definition) is 1. The van der Waals surface area contributed by atoms with Gasteiger partial charge in [0.05, 0.1) is 0 Å². The molecule has 1 unspecified atom stereocenters. The van der Waals surface area contributed by atoms with E-state index >= 15 is 0 Å². The fourth-order valence-corrected chi connectivity index (χ4v) is 3.57. The lowest BCUT2D eigenvalue weighted by Crippen LogP contribution is -2.18. The zero-order valence-electron chi connectivity index (χ0n) is 18.7. The molecule has 0 heterocycles. The lowest BCUT2D eigenvalue weighted by molar-refractivity contribution is -0.150. The minimum Gasteiger partial charge on any atom is -0.481 e. The number of carbonyl (C=O) groups is 2. The monoisotopic (exact) mass is 398 g/mol. The first-order chi connectivity index (χ1) is 13.6. The lowest BCUT2D eigenvalue weighted by atomic mass is 10.0. The molecule has 0 saturated carbocycles. The molecule has 0 aliphatic carbocycles. The highest BCUT2D eigenvalue weighted by Gasteiger charge is 2.13. The van der Waals surface area contributed by atoms with E-state index in [9.17, 15) is 9.59 Å². The van der Waals surface area contributed by atoms with Crippen molar-refractivity contribution >= 4 is 11.9 Å². The Labute approximate surface area is 173 Å². The topological polar surface area (TPSA) is 63.6 Å². The largest absolute Gasteiger partial charge is 0.481 e.